The van der Waals surface area contributed by atoms with Gasteiger partial charge in [-0.2, -0.15) is 0 Å². The molecule has 0 aliphatic rings. The van der Waals surface area contributed by atoms with E-state index in [-0.39, 0.29) is 18.4 Å². The van der Waals surface area contributed by atoms with Crippen molar-refractivity contribution in [2.45, 2.75) is 59.0 Å². The summed E-state index contributed by atoms with van der Waals surface area (Å²) in [5, 5.41) is 3.54. The van der Waals surface area contributed by atoms with Gasteiger partial charge in [-0.1, -0.05) is 74.7 Å². The Hall–Kier alpha value is -2.29. The van der Waals surface area contributed by atoms with Crippen molar-refractivity contribution in [3.63, 3.8) is 0 Å². The van der Waals surface area contributed by atoms with E-state index in [1.807, 2.05) is 32.9 Å². The van der Waals surface area contributed by atoms with Gasteiger partial charge in [0.2, 0.25) is 21.8 Å². The molecule has 36 heavy (non-hydrogen) atoms. The van der Waals surface area contributed by atoms with Crippen LogP contribution in [0, 0.1) is 0 Å². The largest absolute Gasteiger partial charge is 0.354 e. The first-order valence-electron chi connectivity index (χ1n) is 11.9. The number of hydrogen-bond acceptors (Lipinski definition) is 4. The lowest BCUT2D eigenvalue weighted by Crippen LogP contribution is -2.51. The minimum atomic E-state index is -3.82. The molecule has 0 aromatic heterocycles. The number of para-hydroxylation sites is 1. The lowest BCUT2D eigenvalue weighted by molar-refractivity contribution is -0.139. The van der Waals surface area contributed by atoms with E-state index in [0.29, 0.717) is 27.8 Å². The van der Waals surface area contributed by atoms with Gasteiger partial charge in [0.15, 0.2) is 0 Å². The third-order valence-corrected chi connectivity index (χ3v) is 7.73. The molecule has 0 saturated heterocycles. The zero-order valence-electron chi connectivity index (χ0n) is 21.4. The molecule has 2 aromatic carbocycles. The predicted octanol–water partition coefficient (Wildman–Crippen LogP) is 5.22. The average Bonchev–Trinajstić information content (AvgIpc) is 2.81. The van der Waals surface area contributed by atoms with Crippen molar-refractivity contribution in [1.29, 1.82) is 0 Å². The minimum absolute atomic E-state index is 0.0295. The van der Waals surface area contributed by atoms with Crippen molar-refractivity contribution in [2.75, 3.05) is 23.7 Å². The van der Waals surface area contributed by atoms with Gasteiger partial charge in [-0.15, -0.1) is 0 Å². The number of nitrogens with one attached hydrogen (secondary N) is 1. The minimum Gasteiger partial charge on any atom is -0.354 e. The van der Waals surface area contributed by atoms with Gasteiger partial charge in [-0.25, -0.2) is 8.42 Å². The van der Waals surface area contributed by atoms with Crippen molar-refractivity contribution in [2.24, 2.45) is 0 Å². The monoisotopic (exact) mass is 555 g/mol. The number of anilines is 1. The fourth-order valence-electron chi connectivity index (χ4n) is 3.77. The molecule has 0 unspecified atom stereocenters. The molecule has 2 rings (SSSR count). The number of benzene rings is 2. The normalized spacial score (nSPS) is 12.3. The van der Waals surface area contributed by atoms with E-state index in [0.717, 1.165) is 29.0 Å². The van der Waals surface area contributed by atoms with Gasteiger partial charge in [0.1, 0.15) is 12.6 Å². The van der Waals surface area contributed by atoms with Gasteiger partial charge in [0.25, 0.3) is 0 Å². The Labute approximate surface area is 224 Å². The maximum absolute atomic E-state index is 13.7. The molecule has 1 N–H and O–H groups in total. The van der Waals surface area contributed by atoms with Gasteiger partial charge in [0, 0.05) is 28.7 Å². The van der Waals surface area contributed by atoms with Crippen LogP contribution in [0.5, 0.6) is 0 Å². The Balaban J connectivity index is 2.47. The first-order valence-corrected chi connectivity index (χ1v) is 14.6. The summed E-state index contributed by atoms with van der Waals surface area (Å²) < 4.78 is 26.8. The summed E-state index contributed by atoms with van der Waals surface area (Å²) in [6, 6.07) is 11.2. The number of halogens is 2. The van der Waals surface area contributed by atoms with Crippen molar-refractivity contribution in [1.82, 2.24) is 10.2 Å². The van der Waals surface area contributed by atoms with Crippen LogP contribution < -0.4 is 9.62 Å². The van der Waals surface area contributed by atoms with Crippen LogP contribution in [0.3, 0.4) is 0 Å². The predicted molar refractivity (Wildman–Crippen MR) is 147 cm³/mol. The zero-order chi connectivity index (χ0) is 27.0. The van der Waals surface area contributed by atoms with Crippen molar-refractivity contribution < 1.29 is 18.0 Å². The second-order valence-electron chi connectivity index (χ2n) is 9.03. The number of carbonyl (C=O) groups is 2. The smallest absolute Gasteiger partial charge is 0.244 e. The molecule has 0 radical (unpaired) electrons. The number of nitrogens with zero attached hydrogens (tertiary/aromatic N) is 2. The second kappa shape index (κ2) is 13.3. The highest BCUT2D eigenvalue weighted by molar-refractivity contribution is 7.92. The fourth-order valence-corrected chi connectivity index (χ4v) is 5.16. The quantitative estimate of drug-likeness (QED) is 0.364. The summed E-state index contributed by atoms with van der Waals surface area (Å²) in [5.41, 5.74) is 1.71. The molecule has 2 aromatic rings. The highest BCUT2D eigenvalue weighted by Gasteiger charge is 2.31. The molecule has 0 saturated carbocycles. The van der Waals surface area contributed by atoms with E-state index >= 15 is 0 Å². The Morgan fingerprint density at radius 1 is 1.00 bits per heavy atom. The topological polar surface area (TPSA) is 86.8 Å². The highest BCUT2D eigenvalue weighted by atomic mass is 35.5. The molecule has 0 spiro atoms. The van der Waals surface area contributed by atoms with Gasteiger partial charge in [0.05, 0.1) is 11.9 Å². The number of carbonyl (C=O) groups excluding carboxylic acids is 2. The molecule has 0 aliphatic heterocycles. The molecule has 10 heteroatoms. The molecule has 0 aliphatic carbocycles. The van der Waals surface area contributed by atoms with E-state index in [2.05, 4.69) is 5.32 Å². The molecule has 198 valence electrons. The summed E-state index contributed by atoms with van der Waals surface area (Å²) in [4.78, 5) is 28.0. The van der Waals surface area contributed by atoms with Crippen molar-refractivity contribution in [3.05, 3.63) is 63.6 Å². The van der Waals surface area contributed by atoms with Crippen LogP contribution in [-0.4, -0.2) is 50.5 Å². The Morgan fingerprint density at radius 3 is 2.17 bits per heavy atom. The summed E-state index contributed by atoms with van der Waals surface area (Å²) in [7, 11) is -3.82. The van der Waals surface area contributed by atoms with E-state index < -0.39 is 28.5 Å². The first-order chi connectivity index (χ1) is 16.9. The number of amides is 2. The summed E-state index contributed by atoms with van der Waals surface area (Å²) in [5.74, 6) is -0.858. The van der Waals surface area contributed by atoms with E-state index in [1.54, 1.807) is 37.3 Å². The summed E-state index contributed by atoms with van der Waals surface area (Å²) in [6.07, 6.45) is 2.77. The molecule has 0 heterocycles. The number of unbranched alkanes of at least 4 members (excludes halogenated alkanes) is 1. The number of sulfonamides is 1. The fraction of sp³-hybridized carbons (Fsp3) is 0.462. The van der Waals surface area contributed by atoms with Crippen LogP contribution in [0.2, 0.25) is 10.0 Å². The maximum Gasteiger partial charge on any atom is 0.244 e. The lowest BCUT2D eigenvalue weighted by atomic mass is 10.0. The SMILES string of the molecule is CCCCNC(=O)[C@H](C)N(Cc1c(Cl)cccc1Cl)C(=O)CN(c1ccccc1C(C)C)S(C)(=O)=O. The highest BCUT2D eigenvalue weighted by Crippen LogP contribution is 2.30. The average molecular weight is 557 g/mol. The van der Waals surface area contributed by atoms with Crippen molar-refractivity contribution in [3.8, 4) is 0 Å². The molecule has 0 fully saturated rings. The third-order valence-electron chi connectivity index (χ3n) is 5.89. The lowest BCUT2D eigenvalue weighted by Gasteiger charge is -2.32. The van der Waals surface area contributed by atoms with Crippen LogP contribution in [0.25, 0.3) is 0 Å². The van der Waals surface area contributed by atoms with Crippen LogP contribution in [-0.2, 0) is 26.2 Å². The molecule has 1 atom stereocenters. The zero-order valence-corrected chi connectivity index (χ0v) is 23.8. The molecular weight excluding hydrogens is 521 g/mol. The maximum atomic E-state index is 13.7. The Morgan fingerprint density at radius 2 is 1.61 bits per heavy atom. The molecular formula is C26H35Cl2N3O4S. The standard InChI is InChI=1S/C26H35Cl2N3O4S/c1-6-7-15-29-26(33)19(4)30(16-21-22(27)12-10-13-23(21)28)25(32)17-31(36(5,34)35)24-14-9-8-11-20(24)18(2)3/h8-14,18-19H,6-7,15-17H2,1-5H3,(H,29,33)/t19-/m0/s1. The Kier molecular flexibility index (Phi) is 11.1. The summed E-state index contributed by atoms with van der Waals surface area (Å²) >= 11 is 12.7. The van der Waals surface area contributed by atoms with Crippen LogP contribution in [0.15, 0.2) is 42.5 Å². The van der Waals surface area contributed by atoms with Crippen molar-refractivity contribution >= 4 is 50.7 Å². The first kappa shape index (κ1) is 29.9. The second-order valence-corrected chi connectivity index (χ2v) is 11.7. The molecule has 7 nitrogen and oxygen atoms in total. The third kappa shape index (κ3) is 7.85. The van der Waals surface area contributed by atoms with Crippen LogP contribution >= 0.6 is 23.2 Å². The van der Waals surface area contributed by atoms with E-state index in [9.17, 15) is 18.0 Å². The van der Waals surface area contributed by atoms with Crippen LogP contribution in [0.1, 0.15) is 57.6 Å². The summed E-state index contributed by atoms with van der Waals surface area (Å²) in [6.45, 7) is 7.48. The Bertz CT molecular complexity index is 1150. The van der Waals surface area contributed by atoms with Gasteiger partial charge >= 0.3 is 0 Å². The van der Waals surface area contributed by atoms with E-state index in [1.165, 1.54) is 4.90 Å². The van der Waals surface area contributed by atoms with Gasteiger partial charge < -0.3 is 10.2 Å². The van der Waals surface area contributed by atoms with Gasteiger partial charge in [-0.05, 0) is 43.0 Å². The molecule has 0 bridgehead atoms. The number of rotatable bonds is 12. The number of hydrogen-bond donors (Lipinski definition) is 1. The van der Waals surface area contributed by atoms with Crippen LogP contribution in [0.4, 0.5) is 5.69 Å². The van der Waals surface area contributed by atoms with E-state index in [4.69, 9.17) is 23.2 Å². The molecule has 2 amide bonds. The van der Waals surface area contributed by atoms with Gasteiger partial charge in [-0.3, -0.25) is 13.9 Å².